The lowest BCUT2D eigenvalue weighted by molar-refractivity contribution is 0.523. The maximum absolute atomic E-state index is 11.7. The van der Waals surface area contributed by atoms with Crippen molar-refractivity contribution < 1.29 is 8.42 Å². The molecule has 5 heteroatoms. The largest absolute Gasteiger partial charge is 0.313 e. The van der Waals surface area contributed by atoms with E-state index in [0.717, 1.165) is 19.3 Å². The predicted octanol–water partition coefficient (Wildman–Crippen LogP) is 1.87. The summed E-state index contributed by atoms with van der Waals surface area (Å²) in [5, 5.41) is 3.11. The lowest BCUT2D eigenvalue weighted by Crippen LogP contribution is -2.38. The molecule has 0 aromatic rings. The molecular formula is C12H28N2O2S. The van der Waals surface area contributed by atoms with Crippen LogP contribution in [0.2, 0.25) is 0 Å². The highest BCUT2D eigenvalue weighted by Gasteiger charge is 2.13. The smallest absolute Gasteiger partial charge is 0.213 e. The molecule has 4 nitrogen and oxygen atoms in total. The van der Waals surface area contributed by atoms with Crippen molar-refractivity contribution in [3.63, 3.8) is 0 Å². The van der Waals surface area contributed by atoms with Crippen LogP contribution < -0.4 is 10.0 Å². The van der Waals surface area contributed by atoms with E-state index in [1.54, 1.807) is 0 Å². The Morgan fingerprint density at radius 2 is 1.76 bits per heavy atom. The van der Waals surface area contributed by atoms with Crippen molar-refractivity contribution in [2.75, 3.05) is 12.3 Å². The van der Waals surface area contributed by atoms with Crippen molar-refractivity contribution in [1.82, 2.24) is 10.0 Å². The Morgan fingerprint density at radius 3 is 2.29 bits per heavy atom. The molecule has 0 amide bonds. The highest BCUT2D eigenvalue weighted by molar-refractivity contribution is 7.89. The summed E-state index contributed by atoms with van der Waals surface area (Å²) in [6.07, 6.45) is 4.34. The van der Waals surface area contributed by atoms with Crippen molar-refractivity contribution in [2.45, 2.75) is 65.5 Å². The van der Waals surface area contributed by atoms with Crippen LogP contribution in [0, 0.1) is 0 Å². The van der Waals surface area contributed by atoms with E-state index in [0.29, 0.717) is 12.6 Å². The standard InChI is InChI=1S/C12H28N2O2S/c1-5-6-7-8-12(4)14-17(15,16)10-9-13-11(2)3/h11-14H,5-10H2,1-4H3. The molecule has 17 heavy (non-hydrogen) atoms. The van der Waals surface area contributed by atoms with E-state index >= 15 is 0 Å². The zero-order chi connectivity index (χ0) is 13.3. The van der Waals surface area contributed by atoms with Crippen molar-refractivity contribution in [3.8, 4) is 0 Å². The zero-order valence-electron chi connectivity index (χ0n) is 11.6. The van der Waals surface area contributed by atoms with Gasteiger partial charge >= 0.3 is 0 Å². The van der Waals surface area contributed by atoms with Gasteiger partial charge in [0.05, 0.1) is 5.75 Å². The van der Waals surface area contributed by atoms with Gasteiger partial charge in [0.25, 0.3) is 0 Å². The normalized spacial score (nSPS) is 14.2. The SMILES string of the molecule is CCCCCC(C)NS(=O)(=O)CCNC(C)C. The topological polar surface area (TPSA) is 58.2 Å². The molecule has 2 N–H and O–H groups in total. The van der Waals surface area contributed by atoms with Gasteiger partial charge in [0.15, 0.2) is 0 Å². The van der Waals surface area contributed by atoms with Gasteiger partial charge in [-0.1, -0.05) is 40.0 Å². The van der Waals surface area contributed by atoms with Crippen LogP contribution in [0.3, 0.4) is 0 Å². The summed E-state index contributed by atoms with van der Waals surface area (Å²) < 4.78 is 26.1. The van der Waals surface area contributed by atoms with Gasteiger partial charge in [-0.3, -0.25) is 0 Å². The van der Waals surface area contributed by atoms with Crippen LogP contribution in [0.4, 0.5) is 0 Å². The second kappa shape index (κ2) is 8.89. The lowest BCUT2D eigenvalue weighted by Gasteiger charge is -2.14. The van der Waals surface area contributed by atoms with Gasteiger partial charge in [0, 0.05) is 18.6 Å². The molecule has 104 valence electrons. The molecule has 0 aliphatic heterocycles. The van der Waals surface area contributed by atoms with Crippen molar-refractivity contribution in [2.24, 2.45) is 0 Å². The highest BCUT2D eigenvalue weighted by atomic mass is 32.2. The van der Waals surface area contributed by atoms with E-state index in [-0.39, 0.29) is 11.8 Å². The molecule has 0 rings (SSSR count). The number of hydrogen-bond acceptors (Lipinski definition) is 3. The molecule has 0 saturated carbocycles. The Labute approximate surface area is 107 Å². The molecule has 0 aliphatic carbocycles. The first-order chi connectivity index (χ1) is 7.87. The van der Waals surface area contributed by atoms with Crippen molar-refractivity contribution in [1.29, 1.82) is 0 Å². The molecule has 0 aliphatic rings. The molecule has 0 radical (unpaired) electrons. The number of hydrogen-bond donors (Lipinski definition) is 2. The van der Waals surface area contributed by atoms with Gasteiger partial charge in [-0.25, -0.2) is 13.1 Å². The first kappa shape index (κ1) is 16.9. The van der Waals surface area contributed by atoms with E-state index in [4.69, 9.17) is 0 Å². The average molecular weight is 264 g/mol. The van der Waals surface area contributed by atoms with Gasteiger partial charge in [0.1, 0.15) is 0 Å². The van der Waals surface area contributed by atoms with E-state index in [9.17, 15) is 8.42 Å². The molecule has 0 heterocycles. The summed E-state index contributed by atoms with van der Waals surface area (Å²) in [7, 11) is -3.13. The van der Waals surface area contributed by atoms with Crippen molar-refractivity contribution >= 4 is 10.0 Å². The van der Waals surface area contributed by atoms with Gasteiger partial charge in [0.2, 0.25) is 10.0 Å². The summed E-state index contributed by atoms with van der Waals surface area (Å²) in [6, 6.07) is 0.373. The van der Waals surface area contributed by atoms with Crippen molar-refractivity contribution in [3.05, 3.63) is 0 Å². The average Bonchev–Trinajstić information content (AvgIpc) is 2.16. The van der Waals surface area contributed by atoms with Gasteiger partial charge in [-0.15, -0.1) is 0 Å². The highest BCUT2D eigenvalue weighted by Crippen LogP contribution is 2.03. The molecule has 0 fully saturated rings. The third-order valence-electron chi connectivity index (χ3n) is 2.54. The summed E-state index contributed by atoms with van der Waals surface area (Å²) in [5.41, 5.74) is 0. The second-order valence-corrected chi connectivity index (χ2v) is 6.82. The molecule has 1 unspecified atom stereocenters. The van der Waals surface area contributed by atoms with Gasteiger partial charge < -0.3 is 5.32 Å². The molecular weight excluding hydrogens is 236 g/mol. The second-order valence-electron chi connectivity index (χ2n) is 4.94. The Morgan fingerprint density at radius 1 is 1.12 bits per heavy atom. The van der Waals surface area contributed by atoms with E-state index < -0.39 is 10.0 Å². The maximum atomic E-state index is 11.7. The monoisotopic (exact) mass is 264 g/mol. The summed E-state index contributed by atoms with van der Waals surface area (Å²) >= 11 is 0. The predicted molar refractivity (Wildman–Crippen MR) is 73.7 cm³/mol. The number of unbranched alkanes of at least 4 members (excludes halogenated alkanes) is 2. The quantitative estimate of drug-likeness (QED) is 0.592. The van der Waals surface area contributed by atoms with Crippen LogP contribution in [0.25, 0.3) is 0 Å². The maximum Gasteiger partial charge on any atom is 0.213 e. The third kappa shape index (κ3) is 10.7. The summed E-state index contributed by atoms with van der Waals surface area (Å²) in [6.45, 7) is 8.60. The minimum Gasteiger partial charge on any atom is -0.313 e. The van der Waals surface area contributed by atoms with Crippen LogP contribution in [0.5, 0.6) is 0 Å². The Hall–Kier alpha value is -0.130. The Bertz CT molecular complexity index is 276. The minimum absolute atomic E-state index is 0.0469. The number of sulfonamides is 1. The summed E-state index contributed by atoms with van der Waals surface area (Å²) in [4.78, 5) is 0. The van der Waals surface area contributed by atoms with Crippen LogP contribution >= 0.6 is 0 Å². The molecule has 0 aromatic carbocycles. The lowest BCUT2D eigenvalue weighted by atomic mass is 10.1. The fraction of sp³-hybridized carbons (Fsp3) is 1.00. The first-order valence-corrected chi connectivity index (χ1v) is 8.26. The minimum atomic E-state index is -3.13. The first-order valence-electron chi connectivity index (χ1n) is 6.60. The van der Waals surface area contributed by atoms with Gasteiger partial charge in [-0.05, 0) is 13.3 Å². The fourth-order valence-electron chi connectivity index (χ4n) is 1.61. The Kier molecular flexibility index (Phi) is 8.82. The van der Waals surface area contributed by atoms with E-state index in [1.807, 2.05) is 20.8 Å². The Balaban J connectivity index is 3.82. The zero-order valence-corrected chi connectivity index (χ0v) is 12.4. The molecule has 0 spiro atoms. The van der Waals surface area contributed by atoms with E-state index in [2.05, 4.69) is 17.0 Å². The van der Waals surface area contributed by atoms with Gasteiger partial charge in [-0.2, -0.15) is 0 Å². The van der Waals surface area contributed by atoms with E-state index in [1.165, 1.54) is 6.42 Å². The summed E-state index contributed by atoms with van der Waals surface area (Å²) in [5.74, 6) is 0.156. The van der Waals surface area contributed by atoms with Crippen LogP contribution in [0.1, 0.15) is 53.4 Å². The molecule has 0 saturated heterocycles. The number of rotatable bonds is 10. The van der Waals surface area contributed by atoms with Crippen LogP contribution in [0.15, 0.2) is 0 Å². The molecule has 0 aromatic heterocycles. The van der Waals surface area contributed by atoms with Crippen LogP contribution in [-0.2, 0) is 10.0 Å². The number of nitrogens with one attached hydrogen (secondary N) is 2. The molecule has 1 atom stereocenters. The molecule has 0 bridgehead atoms. The third-order valence-corrected chi connectivity index (χ3v) is 4.05. The fourth-order valence-corrected chi connectivity index (χ4v) is 2.84. The van der Waals surface area contributed by atoms with Crippen LogP contribution in [-0.4, -0.2) is 32.8 Å².